The molecule has 2 aromatic heterocycles. The average Bonchev–Trinajstić information content (AvgIpc) is 3.31. The number of para-hydroxylation sites is 1. The normalized spacial score (nSPS) is 11.3. The molecule has 9 heteroatoms. The van der Waals surface area contributed by atoms with Gasteiger partial charge in [0.15, 0.2) is 5.13 Å². The zero-order valence-electron chi connectivity index (χ0n) is 17.4. The molecule has 3 aromatic rings. The van der Waals surface area contributed by atoms with Crippen LogP contribution in [0.15, 0.2) is 35.8 Å². The van der Waals surface area contributed by atoms with Crippen LogP contribution in [0.5, 0.6) is 0 Å². The lowest BCUT2D eigenvalue weighted by molar-refractivity contribution is 0.0526. The molecule has 0 saturated carbocycles. The Hall–Kier alpha value is -3.07. The Morgan fingerprint density at radius 1 is 1.13 bits per heavy atom. The van der Waals surface area contributed by atoms with Crippen molar-refractivity contribution in [3.05, 3.63) is 47.1 Å². The Kier molecular flexibility index (Phi) is 6.94. The predicted molar refractivity (Wildman–Crippen MR) is 119 cm³/mol. The summed E-state index contributed by atoms with van der Waals surface area (Å²) in [5.74, 6) is -0.276. The molecule has 2 amide bonds. The number of H-pyrrole nitrogens is 1. The van der Waals surface area contributed by atoms with Gasteiger partial charge in [0.1, 0.15) is 11.3 Å². The van der Waals surface area contributed by atoms with Crippen molar-refractivity contribution in [1.82, 2.24) is 20.6 Å². The molecule has 4 N–H and O–H groups in total. The van der Waals surface area contributed by atoms with E-state index < -0.39 is 11.7 Å². The molecule has 0 atom stereocenters. The van der Waals surface area contributed by atoms with Crippen LogP contribution in [-0.2, 0) is 11.2 Å². The van der Waals surface area contributed by atoms with Crippen molar-refractivity contribution >= 4 is 39.4 Å². The second kappa shape index (κ2) is 9.62. The Morgan fingerprint density at radius 2 is 1.90 bits per heavy atom. The standard InChI is InChI=1S/C21H27N5O3S/c1-21(2,3)29-20(28)24-11-10-22-18(27)17-13-30-19(26-17)23-9-8-14-12-25-16-7-5-4-6-15(14)16/h4-7,12-13,25H,8-11H2,1-3H3,(H,22,27)(H,23,26)(H,24,28). The number of alkyl carbamates (subject to hydrolysis) is 1. The number of carbonyl (C=O) groups excluding carboxylic acids is 2. The summed E-state index contributed by atoms with van der Waals surface area (Å²) < 4.78 is 5.14. The monoisotopic (exact) mass is 429 g/mol. The fourth-order valence-electron chi connectivity index (χ4n) is 2.85. The van der Waals surface area contributed by atoms with Gasteiger partial charge in [-0.05, 0) is 38.8 Å². The third kappa shape index (κ3) is 6.21. The van der Waals surface area contributed by atoms with Gasteiger partial charge in [0, 0.05) is 42.1 Å². The molecule has 0 aliphatic rings. The van der Waals surface area contributed by atoms with Crippen molar-refractivity contribution in [2.75, 3.05) is 25.0 Å². The molecule has 3 rings (SSSR count). The molecule has 0 radical (unpaired) electrons. The largest absolute Gasteiger partial charge is 0.444 e. The highest BCUT2D eigenvalue weighted by molar-refractivity contribution is 7.13. The number of nitrogens with one attached hydrogen (secondary N) is 4. The lowest BCUT2D eigenvalue weighted by atomic mass is 10.1. The second-order valence-corrected chi connectivity index (χ2v) is 8.62. The molecule has 0 spiro atoms. The van der Waals surface area contributed by atoms with E-state index in [9.17, 15) is 9.59 Å². The minimum absolute atomic E-state index is 0.276. The highest BCUT2D eigenvalue weighted by Gasteiger charge is 2.16. The van der Waals surface area contributed by atoms with Crippen LogP contribution < -0.4 is 16.0 Å². The number of aromatic nitrogens is 2. The van der Waals surface area contributed by atoms with Crippen LogP contribution in [-0.4, -0.2) is 47.2 Å². The highest BCUT2D eigenvalue weighted by Crippen LogP contribution is 2.19. The first kappa shape index (κ1) is 21.6. The number of anilines is 1. The summed E-state index contributed by atoms with van der Waals surface area (Å²) in [6.07, 6.45) is 2.37. The Balaban J connectivity index is 1.39. The number of aromatic amines is 1. The van der Waals surface area contributed by atoms with Crippen LogP contribution in [0.2, 0.25) is 0 Å². The number of carbonyl (C=O) groups is 2. The van der Waals surface area contributed by atoms with E-state index in [2.05, 4.69) is 38.1 Å². The third-order valence-electron chi connectivity index (χ3n) is 4.16. The maximum absolute atomic E-state index is 12.2. The highest BCUT2D eigenvalue weighted by atomic mass is 32.1. The molecule has 0 aliphatic heterocycles. The van der Waals surface area contributed by atoms with Gasteiger partial charge in [0.25, 0.3) is 5.91 Å². The van der Waals surface area contributed by atoms with Crippen molar-refractivity contribution < 1.29 is 14.3 Å². The molecule has 30 heavy (non-hydrogen) atoms. The fourth-order valence-corrected chi connectivity index (χ4v) is 3.57. The van der Waals surface area contributed by atoms with Gasteiger partial charge in [-0.3, -0.25) is 4.79 Å². The zero-order chi connectivity index (χ0) is 21.6. The lowest BCUT2D eigenvalue weighted by Gasteiger charge is -2.19. The maximum Gasteiger partial charge on any atom is 0.407 e. The van der Waals surface area contributed by atoms with E-state index >= 15 is 0 Å². The Bertz CT molecular complexity index is 1010. The fraction of sp³-hybridized carbons (Fsp3) is 0.381. The summed E-state index contributed by atoms with van der Waals surface area (Å²) in [5, 5.41) is 12.2. The lowest BCUT2D eigenvalue weighted by Crippen LogP contribution is -2.37. The Labute approximate surface area is 179 Å². The molecule has 8 nitrogen and oxygen atoms in total. The predicted octanol–water partition coefficient (Wildman–Crippen LogP) is 3.53. The molecule has 0 aliphatic carbocycles. The molecular weight excluding hydrogens is 402 g/mol. The first-order valence-electron chi connectivity index (χ1n) is 9.81. The Morgan fingerprint density at radius 3 is 2.70 bits per heavy atom. The van der Waals surface area contributed by atoms with E-state index in [4.69, 9.17) is 4.74 Å². The van der Waals surface area contributed by atoms with Crippen molar-refractivity contribution in [2.24, 2.45) is 0 Å². The van der Waals surface area contributed by atoms with Crippen molar-refractivity contribution in [3.8, 4) is 0 Å². The van der Waals surface area contributed by atoms with E-state index in [1.165, 1.54) is 22.3 Å². The second-order valence-electron chi connectivity index (χ2n) is 7.76. The van der Waals surface area contributed by atoms with Gasteiger partial charge in [0.05, 0.1) is 0 Å². The van der Waals surface area contributed by atoms with Gasteiger partial charge in [0.2, 0.25) is 0 Å². The smallest absolute Gasteiger partial charge is 0.407 e. The SMILES string of the molecule is CC(C)(C)OC(=O)NCCNC(=O)c1csc(NCCc2c[nH]c3ccccc23)n1. The quantitative estimate of drug-likeness (QED) is 0.410. The van der Waals surface area contributed by atoms with Crippen LogP contribution in [0, 0.1) is 0 Å². The van der Waals surface area contributed by atoms with Gasteiger partial charge in [-0.25, -0.2) is 9.78 Å². The minimum atomic E-state index is -0.550. The number of fused-ring (bicyclic) bond motifs is 1. The first-order valence-corrected chi connectivity index (χ1v) is 10.7. The maximum atomic E-state index is 12.2. The number of benzene rings is 1. The first-order chi connectivity index (χ1) is 14.3. The zero-order valence-corrected chi connectivity index (χ0v) is 18.2. The molecule has 0 bridgehead atoms. The van der Waals surface area contributed by atoms with Crippen LogP contribution in [0.1, 0.15) is 36.8 Å². The van der Waals surface area contributed by atoms with Crippen molar-refractivity contribution in [1.29, 1.82) is 0 Å². The van der Waals surface area contributed by atoms with Crippen LogP contribution >= 0.6 is 11.3 Å². The number of nitrogens with zero attached hydrogens (tertiary/aromatic N) is 1. The topological polar surface area (TPSA) is 108 Å². The number of ether oxygens (including phenoxy) is 1. The van der Waals surface area contributed by atoms with E-state index in [1.54, 1.807) is 26.2 Å². The van der Waals surface area contributed by atoms with Gasteiger partial charge in [-0.1, -0.05) is 18.2 Å². The van der Waals surface area contributed by atoms with Crippen molar-refractivity contribution in [2.45, 2.75) is 32.8 Å². The number of amides is 2. The minimum Gasteiger partial charge on any atom is -0.444 e. The number of hydrogen-bond donors (Lipinski definition) is 4. The number of rotatable bonds is 8. The summed E-state index contributed by atoms with van der Waals surface area (Å²) in [6.45, 7) is 6.67. The summed E-state index contributed by atoms with van der Waals surface area (Å²) in [4.78, 5) is 31.4. The summed E-state index contributed by atoms with van der Waals surface area (Å²) in [6, 6.07) is 8.20. The van der Waals surface area contributed by atoms with E-state index in [0.29, 0.717) is 17.4 Å². The number of hydrogen-bond acceptors (Lipinski definition) is 6. The summed E-state index contributed by atoms with van der Waals surface area (Å²) >= 11 is 1.39. The van der Waals surface area contributed by atoms with Gasteiger partial charge in [-0.2, -0.15) is 0 Å². The van der Waals surface area contributed by atoms with E-state index in [-0.39, 0.29) is 12.5 Å². The molecule has 2 heterocycles. The van der Waals surface area contributed by atoms with E-state index in [0.717, 1.165) is 18.5 Å². The number of thiazole rings is 1. The van der Waals surface area contributed by atoms with Crippen molar-refractivity contribution in [3.63, 3.8) is 0 Å². The van der Waals surface area contributed by atoms with Crippen LogP contribution in [0.4, 0.5) is 9.93 Å². The van der Waals surface area contributed by atoms with E-state index in [1.807, 2.05) is 18.3 Å². The molecule has 160 valence electrons. The molecular formula is C21H27N5O3S. The summed E-state index contributed by atoms with van der Waals surface area (Å²) in [7, 11) is 0. The summed E-state index contributed by atoms with van der Waals surface area (Å²) in [5.41, 5.74) is 2.17. The molecule has 0 unspecified atom stereocenters. The average molecular weight is 430 g/mol. The molecule has 0 saturated heterocycles. The van der Waals surface area contributed by atoms with Gasteiger partial charge in [-0.15, -0.1) is 11.3 Å². The molecule has 1 aromatic carbocycles. The van der Waals surface area contributed by atoms with Gasteiger partial charge >= 0.3 is 6.09 Å². The van der Waals surface area contributed by atoms with Crippen LogP contribution in [0.25, 0.3) is 10.9 Å². The van der Waals surface area contributed by atoms with Crippen LogP contribution in [0.3, 0.4) is 0 Å². The third-order valence-corrected chi connectivity index (χ3v) is 4.96. The molecule has 0 fully saturated rings. The van der Waals surface area contributed by atoms with Gasteiger partial charge < -0.3 is 25.7 Å².